The SMILES string of the molecule is CCNc1cc(C(F)(F)F)cc(Oc2cc(C)[nH]n2)n1. The molecule has 2 aromatic rings. The quantitative estimate of drug-likeness (QED) is 0.904. The van der Waals surface area contributed by atoms with Crippen molar-refractivity contribution in [3.8, 4) is 11.8 Å². The topological polar surface area (TPSA) is 62.8 Å². The van der Waals surface area contributed by atoms with E-state index >= 15 is 0 Å². The largest absolute Gasteiger partial charge is 0.419 e. The fourth-order valence-electron chi connectivity index (χ4n) is 1.55. The van der Waals surface area contributed by atoms with E-state index < -0.39 is 11.7 Å². The minimum atomic E-state index is -4.47. The number of H-pyrrole nitrogens is 1. The van der Waals surface area contributed by atoms with Gasteiger partial charge in [0.2, 0.25) is 11.8 Å². The van der Waals surface area contributed by atoms with E-state index in [-0.39, 0.29) is 17.6 Å². The molecule has 0 radical (unpaired) electrons. The van der Waals surface area contributed by atoms with Crippen molar-refractivity contribution < 1.29 is 17.9 Å². The Bertz CT molecular complexity index is 595. The molecule has 0 aromatic carbocycles. The number of rotatable bonds is 4. The maximum Gasteiger partial charge on any atom is 0.416 e. The molecule has 8 heteroatoms. The average Bonchev–Trinajstić information content (AvgIpc) is 2.74. The van der Waals surface area contributed by atoms with E-state index in [4.69, 9.17) is 4.74 Å². The summed E-state index contributed by atoms with van der Waals surface area (Å²) < 4.78 is 43.6. The van der Waals surface area contributed by atoms with Crippen LogP contribution in [0.4, 0.5) is 19.0 Å². The summed E-state index contributed by atoms with van der Waals surface area (Å²) in [4.78, 5) is 3.95. The molecule has 2 rings (SSSR count). The minimum Gasteiger partial charge on any atom is -0.419 e. The number of halogens is 3. The number of alkyl halides is 3. The molecule has 108 valence electrons. The van der Waals surface area contributed by atoms with Crippen molar-refractivity contribution in [1.82, 2.24) is 15.2 Å². The molecule has 0 amide bonds. The number of ether oxygens (including phenoxy) is 1. The Kier molecular flexibility index (Phi) is 3.82. The zero-order chi connectivity index (χ0) is 14.8. The highest BCUT2D eigenvalue weighted by molar-refractivity contribution is 5.43. The summed E-state index contributed by atoms with van der Waals surface area (Å²) in [7, 11) is 0. The first-order valence-corrected chi connectivity index (χ1v) is 5.91. The van der Waals surface area contributed by atoms with Crippen LogP contribution in [0.5, 0.6) is 11.8 Å². The lowest BCUT2D eigenvalue weighted by Gasteiger charge is -2.11. The lowest BCUT2D eigenvalue weighted by molar-refractivity contribution is -0.137. The zero-order valence-electron chi connectivity index (χ0n) is 10.9. The molecule has 0 saturated carbocycles. The summed E-state index contributed by atoms with van der Waals surface area (Å²) >= 11 is 0. The normalized spacial score (nSPS) is 11.4. The van der Waals surface area contributed by atoms with E-state index in [9.17, 15) is 13.2 Å². The number of nitrogens with zero attached hydrogens (tertiary/aromatic N) is 2. The second kappa shape index (κ2) is 5.40. The highest BCUT2D eigenvalue weighted by atomic mass is 19.4. The zero-order valence-corrected chi connectivity index (χ0v) is 10.9. The summed E-state index contributed by atoms with van der Waals surface area (Å²) in [6.07, 6.45) is -4.47. The van der Waals surface area contributed by atoms with Crippen molar-refractivity contribution in [2.24, 2.45) is 0 Å². The first kappa shape index (κ1) is 14.2. The summed E-state index contributed by atoms with van der Waals surface area (Å²) in [6, 6.07) is 3.34. The molecule has 5 nitrogen and oxygen atoms in total. The van der Waals surface area contributed by atoms with Gasteiger partial charge in [0.15, 0.2) is 0 Å². The number of aryl methyl sites for hydroxylation is 1. The number of hydrogen-bond acceptors (Lipinski definition) is 4. The molecule has 0 unspecified atom stereocenters. The number of anilines is 1. The minimum absolute atomic E-state index is 0.101. The summed E-state index contributed by atoms with van der Waals surface area (Å²) in [5, 5.41) is 9.15. The van der Waals surface area contributed by atoms with Crippen LogP contribution in [0.25, 0.3) is 0 Å². The van der Waals surface area contributed by atoms with E-state index in [1.165, 1.54) is 0 Å². The number of aromatic nitrogens is 3. The van der Waals surface area contributed by atoms with Crippen LogP contribution in [0.15, 0.2) is 18.2 Å². The van der Waals surface area contributed by atoms with E-state index in [1.54, 1.807) is 19.9 Å². The smallest absolute Gasteiger partial charge is 0.416 e. The summed E-state index contributed by atoms with van der Waals surface area (Å²) in [6.45, 7) is 3.97. The first-order valence-electron chi connectivity index (χ1n) is 5.91. The monoisotopic (exact) mass is 286 g/mol. The molecule has 0 fully saturated rings. The second-order valence-corrected chi connectivity index (χ2v) is 4.10. The van der Waals surface area contributed by atoms with Gasteiger partial charge in [-0.05, 0) is 19.9 Å². The van der Waals surface area contributed by atoms with Crippen LogP contribution >= 0.6 is 0 Å². The Morgan fingerprint density at radius 2 is 2.00 bits per heavy atom. The van der Waals surface area contributed by atoms with Crippen LogP contribution < -0.4 is 10.1 Å². The van der Waals surface area contributed by atoms with Crippen molar-refractivity contribution in [3.63, 3.8) is 0 Å². The van der Waals surface area contributed by atoms with Gasteiger partial charge in [0.25, 0.3) is 0 Å². The Labute approximate surface area is 113 Å². The van der Waals surface area contributed by atoms with Gasteiger partial charge < -0.3 is 10.1 Å². The fraction of sp³-hybridized carbons (Fsp3) is 0.333. The molecule has 20 heavy (non-hydrogen) atoms. The Balaban J connectivity index is 2.33. The highest BCUT2D eigenvalue weighted by Gasteiger charge is 2.32. The molecule has 0 aliphatic carbocycles. The summed E-state index contributed by atoms with van der Waals surface area (Å²) in [5.74, 6) is 0.101. The van der Waals surface area contributed by atoms with Crippen LogP contribution in [0.1, 0.15) is 18.2 Å². The Hall–Kier alpha value is -2.25. The van der Waals surface area contributed by atoms with Gasteiger partial charge in [0.05, 0.1) is 5.56 Å². The molecule has 0 saturated heterocycles. The third kappa shape index (κ3) is 3.40. The molecule has 0 spiro atoms. The maximum atomic E-state index is 12.8. The standard InChI is InChI=1S/C12H13F3N4O/c1-3-16-9-5-8(12(13,14)15)6-10(17-9)20-11-4-7(2)18-19-11/h4-6H,3H2,1-2H3,(H,16,17)(H,18,19). The summed E-state index contributed by atoms with van der Waals surface area (Å²) in [5.41, 5.74) is -0.0930. The molecule has 2 heterocycles. The molecule has 0 aliphatic rings. The molecule has 0 atom stereocenters. The molecular weight excluding hydrogens is 273 g/mol. The number of pyridine rings is 1. The number of hydrogen-bond donors (Lipinski definition) is 2. The van der Waals surface area contributed by atoms with Gasteiger partial charge in [0.1, 0.15) is 5.82 Å². The predicted molar refractivity (Wildman–Crippen MR) is 66.8 cm³/mol. The van der Waals surface area contributed by atoms with Crippen molar-refractivity contribution in [3.05, 3.63) is 29.5 Å². The molecule has 2 N–H and O–H groups in total. The van der Waals surface area contributed by atoms with Crippen LogP contribution in [0, 0.1) is 6.92 Å². The lowest BCUT2D eigenvalue weighted by atomic mass is 10.2. The van der Waals surface area contributed by atoms with Crippen LogP contribution in [0.3, 0.4) is 0 Å². The van der Waals surface area contributed by atoms with Crippen molar-refractivity contribution in [2.45, 2.75) is 20.0 Å². The lowest BCUT2D eigenvalue weighted by Crippen LogP contribution is -2.08. The fourth-order valence-corrected chi connectivity index (χ4v) is 1.55. The van der Waals surface area contributed by atoms with Crippen molar-refractivity contribution >= 4 is 5.82 Å². The van der Waals surface area contributed by atoms with Crippen LogP contribution in [-0.4, -0.2) is 21.7 Å². The van der Waals surface area contributed by atoms with E-state index in [0.29, 0.717) is 6.54 Å². The Morgan fingerprint density at radius 1 is 1.25 bits per heavy atom. The van der Waals surface area contributed by atoms with E-state index in [2.05, 4.69) is 20.5 Å². The number of nitrogens with one attached hydrogen (secondary N) is 2. The third-order valence-corrected chi connectivity index (χ3v) is 2.38. The molecule has 2 aromatic heterocycles. The Morgan fingerprint density at radius 3 is 2.55 bits per heavy atom. The van der Waals surface area contributed by atoms with Gasteiger partial charge in [-0.1, -0.05) is 0 Å². The van der Waals surface area contributed by atoms with Gasteiger partial charge >= 0.3 is 6.18 Å². The molecule has 0 aliphatic heterocycles. The molecular formula is C12H13F3N4O. The van der Waals surface area contributed by atoms with Gasteiger partial charge in [0, 0.05) is 24.4 Å². The first-order chi connectivity index (χ1) is 9.38. The van der Waals surface area contributed by atoms with E-state index in [1.807, 2.05) is 0 Å². The van der Waals surface area contributed by atoms with Crippen LogP contribution in [-0.2, 0) is 6.18 Å². The third-order valence-electron chi connectivity index (χ3n) is 2.38. The number of aromatic amines is 1. The molecule has 0 bridgehead atoms. The van der Waals surface area contributed by atoms with Gasteiger partial charge in [-0.25, -0.2) is 0 Å². The maximum absolute atomic E-state index is 12.8. The predicted octanol–water partition coefficient (Wildman–Crippen LogP) is 3.36. The average molecular weight is 286 g/mol. The van der Waals surface area contributed by atoms with Gasteiger partial charge in [-0.3, -0.25) is 5.10 Å². The van der Waals surface area contributed by atoms with Gasteiger partial charge in [-0.15, -0.1) is 5.10 Å². The highest BCUT2D eigenvalue weighted by Crippen LogP contribution is 2.33. The van der Waals surface area contributed by atoms with Gasteiger partial charge in [-0.2, -0.15) is 18.2 Å². The second-order valence-electron chi connectivity index (χ2n) is 4.10. The van der Waals surface area contributed by atoms with Crippen molar-refractivity contribution in [1.29, 1.82) is 0 Å². The van der Waals surface area contributed by atoms with E-state index in [0.717, 1.165) is 17.8 Å². The van der Waals surface area contributed by atoms with Crippen LogP contribution in [0.2, 0.25) is 0 Å². The van der Waals surface area contributed by atoms with Crippen molar-refractivity contribution in [2.75, 3.05) is 11.9 Å².